The Hall–Kier alpha value is -0.430. The smallest absolute Gasteiger partial charge is 0.189 e. The summed E-state index contributed by atoms with van der Waals surface area (Å²) in [5.41, 5.74) is 5.92. The van der Waals surface area contributed by atoms with Crippen molar-refractivity contribution >= 4 is 21.2 Å². The van der Waals surface area contributed by atoms with Crippen molar-refractivity contribution in [2.24, 2.45) is 11.7 Å². The molecule has 2 heterocycles. The molecule has 4 nitrogen and oxygen atoms in total. The molecule has 1 fully saturated rings. The number of thiophene rings is 1. The van der Waals surface area contributed by atoms with Crippen molar-refractivity contribution in [1.29, 1.82) is 0 Å². The van der Waals surface area contributed by atoms with Crippen LogP contribution in [0.5, 0.6) is 0 Å². The van der Waals surface area contributed by atoms with Crippen LogP contribution in [0.3, 0.4) is 0 Å². The fourth-order valence-corrected chi connectivity index (χ4v) is 4.44. The van der Waals surface area contributed by atoms with Gasteiger partial charge in [-0.25, -0.2) is 8.42 Å². The maximum absolute atomic E-state index is 12.0. The molecule has 2 rings (SSSR count). The zero-order valence-electron chi connectivity index (χ0n) is 8.83. The molecule has 0 aromatic carbocycles. The Kier molecular flexibility index (Phi) is 3.63. The third-order valence-corrected chi connectivity index (χ3v) is 6.07. The number of ether oxygens (including phenoxy) is 1. The van der Waals surface area contributed by atoms with Gasteiger partial charge in [-0.15, -0.1) is 11.3 Å². The van der Waals surface area contributed by atoms with E-state index in [2.05, 4.69) is 0 Å². The summed E-state index contributed by atoms with van der Waals surface area (Å²) in [4.78, 5) is 0. The lowest BCUT2D eigenvalue weighted by atomic mass is 10.0. The third kappa shape index (κ3) is 2.63. The van der Waals surface area contributed by atoms with Gasteiger partial charge in [-0.1, -0.05) is 6.07 Å². The van der Waals surface area contributed by atoms with E-state index >= 15 is 0 Å². The van der Waals surface area contributed by atoms with Crippen LogP contribution in [0.2, 0.25) is 0 Å². The lowest BCUT2D eigenvalue weighted by molar-refractivity contribution is 0.182. The molecule has 0 saturated carbocycles. The van der Waals surface area contributed by atoms with E-state index in [1.54, 1.807) is 17.5 Å². The van der Waals surface area contributed by atoms with E-state index in [1.165, 1.54) is 11.3 Å². The van der Waals surface area contributed by atoms with E-state index in [0.29, 0.717) is 17.4 Å². The molecular formula is C10H15NO3S2. The van der Waals surface area contributed by atoms with E-state index in [1.807, 2.05) is 0 Å². The quantitative estimate of drug-likeness (QED) is 0.873. The highest BCUT2D eigenvalue weighted by molar-refractivity contribution is 7.93. The van der Waals surface area contributed by atoms with Crippen molar-refractivity contribution in [2.45, 2.75) is 16.7 Å². The highest BCUT2D eigenvalue weighted by Crippen LogP contribution is 2.22. The molecule has 2 N–H and O–H groups in total. The fraction of sp³-hybridized carbons (Fsp3) is 0.600. The normalized spacial score (nSPS) is 23.4. The molecule has 0 radical (unpaired) electrons. The van der Waals surface area contributed by atoms with Crippen LogP contribution in [0.25, 0.3) is 0 Å². The van der Waals surface area contributed by atoms with Crippen LogP contribution < -0.4 is 5.73 Å². The van der Waals surface area contributed by atoms with Gasteiger partial charge >= 0.3 is 0 Å². The van der Waals surface area contributed by atoms with E-state index in [9.17, 15) is 8.42 Å². The molecule has 1 aromatic heterocycles. The summed E-state index contributed by atoms with van der Waals surface area (Å²) in [6.45, 7) is 1.28. The van der Waals surface area contributed by atoms with Crippen LogP contribution in [0.4, 0.5) is 0 Å². The molecule has 0 aliphatic carbocycles. The molecule has 1 aromatic rings. The van der Waals surface area contributed by atoms with Crippen molar-refractivity contribution in [3.8, 4) is 0 Å². The van der Waals surface area contributed by atoms with Gasteiger partial charge in [0.1, 0.15) is 4.21 Å². The lowest BCUT2D eigenvalue weighted by Gasteiger charge is -2.16. The van der Waals surface area contributed by atoms with E-state index in [-0.39, 0.29) is 17.7 Å². The molecule has 2 unspecified atom stereocenters. The average Bonchev–Trinajstić information content (AvgIpc) is 2.91. The third-order valence-electron chi connectivity index (χ3n) is 2.78. The second-order valence-corrected chi connectivity index (χ2v) is 7.21. The van der Waals surface area contributed by atoms with Crippen molar-refractivity contribution in [2.75, 3.05) is 19.0 Å². The molecule has 16 heavy (non-hydrogen) atoms. The molecule has 1 aliphatic heterocycles. The first kappa shape index (κ1) is 12.0. The molecule has 90 valence electrons. The standard InChI is InChI=1S/C10H15NO3S2/c11-9(8-3-4-14-6-8)7-16(12,13)10-2-1-5-15-10/h1-2,5,8-9H,3-4,6-7,11H2. The van der Waals surface area contributed by atoms with Crippen LogP contribution >= 0.6 is 11.3 Å². The van der Waals surface area contributed by atoms with Gasteiger partial charge in [0.25, 0.3) is 0 Å². The largest absolute Gasteiger partial charge is 0.381 e. The molecule has 0 amide bonds. The van der Waals surface area contributed by atoms with Gasteiger partial charge < -0.3 is 10.5 Å². The second kappa shape index (κ2) is 4.83. The van der Waals surface area contributed by atoms with Crippen LogP contribution in [0.1, 0.15) is 6.42 Å². The summed E-state index contributed by atoms with van der Waals surface area (Å²) in [6, 6.07) is 3.04. The Labute approximate surface area is 99.3 Å². The molecule has 0 bridgehead atoms. The van der Waals surface area contributed by atoms with Crippen LogP contribution in [-0.2, 0) is 14.6 Å². The van der Waals surface area contributed by atoms with Gasteiger partial charge in [-0.05, 0) is 17.9 Å². The van der Waals surface area contributed by atoms with Crippen molar-refractivity contribution < 1.29 is 13.2 Å². The highest BCUT2D eigenvalue weighted by atomic mass is 32.2. The molecule has 1 saturated heterocycles. The average molecular weight is 261 g/mol. The first-order valence-electron chi connectivity index (χ1n) is 5.19. The summed E-state index contributed by atoms with van der Waals surface area (Å²) >= 11 is 1.24. The van der Waals surface area contributed by atoms with Crippen molar-refractivity contribution in [3.05, 3.63) is 17.5 Å². The first-order valence-corrected chi connectivity index (χ1v) is 7.72. The molecular weight excluding hydrogens is 246 g/mol. The first-order chi connectivity index (χ1) is 7.59. The van der Waals surface area contributed by atoms with Gasteiger partial charge in [0.05, 0.1) is 12.4 Å². The highest BCUT2D eigenvalue weighted by Gasteiger charge is 2.28. The minimum Gasteiger partial charge on any atom is -0.381 e. The lowest BCUT2D eigenvalue weighted by Crippen LogP contribution is -2.37. The molecule has 1 aliphatic rings. The predicted octanol–water partition coefficient (Wildman–Crippen LogP) is 0.886. The Bertz CT molecular complexity index is 421. The van der Waals surface area contributed by atoms with Gasteiger partial charge in [0, 0.05) is 18.6 Å². The van der Waals surface area contributed by atoms with Crippen molar-refractivity contribution in [1.82, 2.24) is 0 Å². The second-order valence-electron chi connectivity index (χ2n) is 4.00. The van der Waals surface area contributed by atoms with E-state index < -0.39 is 9.84 Å². The van der Waals surface area contributed by atoms with E-state index in [4.69, 9.17) is 10.5 Å². The van der Waals surface area contributed by atoms with Crippen LogP contribution in [0.15, 0.2) is 21.7 Å². The summed E-state index contributed by atoms with van der Waals surface area (Å²) in [5.74, 6) is 0.191. The molecule has 2 atom stereocenters. The van der Waals surface area contributed by atoms with Crippen molar-refractivity contribution in [3.63, 3.8) is 0 Å². The molecule has 6 heteroatoms. The van der Waals surface area contributed by atoms with Gasteiger partial charge in [0.2, 0.25) is 0 Å². The number of hydrogen-bond donors (Lipinski definition) is 1. The Balaban J connectivity index is 2.03. The maximum atomic E-state index is 12.0. The Morgan fingerprint density at radius 1 is 1.62 bits per heavy atom. The summed E-state index contributed by atoms with van der Waals surface area (Å²) in [7, 11) is -3.22. The number of sulfone groups is 1. The number of rotatable bonds is 4. The summed E-state index contributed by atoms with van der Waals surface area (Å²) < 4.78 is 29.5. The Morgan fingerprint density at radius 3 is 3.00 bits per heavy atom. The maximum Gasteiger partial charge on any atom is 0.189 e. The van der Waals surface area contributed by atoms with Gasteiger partial charge in [0.15, 0.2) is 9.84 Å². The minimum absolute atomic E-state index is 0.0154. The van der Waals surface area contributed by atoms with E-state index in [0.717, 1.165) is 6.42 Å². The van der Waals surface area contributed by atoms with Crippen LogP contribution in [0, 0.1) is 5.92 Å². The summed E-state index contributed by atoms with van der Waals surface area (Å²) in [6.07, 6.45) is 0.862. The van der Waals surface area contributed by atoms with Gasteiger partial charge in [-0.2, -0.15) is 0 Å². The SMILES string of the molecule is NC(CS(=O)(=O)c1cccs1)C1CCOC1. The van der Waals surface area contributed by atoms with Gasteiger partial charge in [-0.3, -0.25) is 0 Å². The number of hydrogen-bond acceptors (Lipinski definition) is 5. The minimum atomic E-state index is -3.22. The fourth-order valence-electron chi connectivity index (χ4n) is 1.80. The Morgan fingerprint density at radius 2 is 2.44 bits per heavy atom. The zero-order chi connectivity index (χ0) is 11.6. The predicted molar refractivity (Wildman–Crippen MR) is 63.3 cm³/mol. The molecule has 0 spiro atoms. The number of nitrogens with two attached hydrogens (primary N) is 1. The zero-order valence-corrected chi connectivity index (χ0v) is 10.5. The van der Waals surface area contributed by atoms with Crippen LogP contribution in [-0.4, -0.2) is 33.4 Å². The monoisotopic (exact) mass is 261 g/mol. The summed E-state index contributed by atoms with van der Waals surface area (Å²) in [5, 5.41) is 1.76. The topological polar surface area (TPSA) is 69.4 Å².